The third-order valence-corrected chi connectivity index (χ3v) is 6.07. The van der Waals surface area contributed by atoms with E-state index in [9.17, 15) is 10.1 Å². The highest BCUT2D eigenvalue weighted by Crippen LogP contribution is 2.46. The van der Waals surface area contributed by atoms with Crippen LogP contribution in [0.1, 0.15) is 42.1 Å². The van der Waals surface area contributed by atoms with Crippen molar-refractivity contribution in [3.05, 3.63) is 98.8 Å². The first kappa shape index (κ1) is 24.0. The number of allylic oxidation sites excluding steroid dienone is 1. The number of aromatic nitrogens is 1. The molecule has 3 aromatic rings. The Kier molecular flexibility index (Phi) is 7.11. The Balaban J connectivity index is 1.90. The third-order valence-electron chi connectivity index (χ3n) is 6.07. The smallest absolute Gasteiger partial charge is 0.258 e. The van der Waals surface area contributed by atoms with Crippen LogP contribution < -0.4 is 25.5 Å². The van der Waals surface area contributed by atoms with Gasteiger partial charge in [-0.2, -0.15) is 5.26 Å². The SMILES string of the molecule is CCOc1cccc(C2C(C#N)=C(N)Oc3cc(C)n(CCc4ccccc4)c(=O)c32)c1OCC. The van der Waals surface area contributed by atoms with Crippen LogP contribution in [0.15, 0.2) is 70.8 Å². The summed E-state index contributed by atoms with van der Waals surface area (Å²) in [7, 11) is 0. The molecule has 1 aromatic heterocycles. The van der Waals surface area contributed by atoms with Crippen LogP contribution in [0, 0.1) is 18.3 Å². The monoisotopic (exact) mass is 471 g/mol. The minimum absolute atomic E-state index is 0.0184. The average molecular weight is 472 g/mol. The maximum absolute atomic E-state index is 13.9. The molecule has 0 aliphatic carbocycles. The second-order valence-corrected chi connectivity index (χ2v) is 8.22. The molecule has 0 bridgehead atoms. The lowest BCUT2D eigenvalue weighted by atomic mass is 9.83. The summed E-state index contributed by atoms with van der Waals surface area (Å²) in [6, 6.07) is 19.5. The summed E-state index contributed by atoms with van der Waals surface area (Å²) in [5.41, 5.74) is 9.02. The first-order chi connectivity index (χ1) is 17.0. The van der Waals surface area contributed by atoms with Crippen LogP contribution in [-0.4, -0.2) is 17.8 Å². The molecule has 2 heterocycles. The van der Waals surface area contributed by atoms with Gasteiger partial charge in [-0.15, -0.1) is 0 Å². The Labute approximate surface area is 205 Å². The van der Waals surface area contributed by atoms with E-state index in [2.05, 4.69) is 6.07 Å². The highest BCUT2D eigenvalue weighted by Gasteiger charge is 2.36. The van der Waals surface area contributed by atoms with Crippen LogP contribution in [-0.2, 0) is 13.0 Å². The molecule has 1 atom stereocenters. The number of pyridine rings is 1. The topological polar surface area (TPSA) is 99.5 Å². The van der Waals surface area contributed by atoms with Crippen LogP contribution in [0.3, 0.4) is 0 Å². The van der Waals surface area contributed by atoms with E-state index in [1.165, 1.54) is 0 Å². The van der Waals surface area contributed by atoms with Crippen molar-refractivity contribution in [3.8, 4) is 23.3 Å². The van der Waals surface area contributed by atoms with Crippen LogP contribution in [0.25, 0.3) is 0 Å². The highest BCUT2D eigenvalue weighted by molar-refractivity contribution is 5.61. The number of hydrogen-bond donors (Lipinski definition) is 1. The molecule has 2 aromatic carbocycles. The van der Waals surface area contributed by atoms with Gasteiger partial charge in [-0.1, -0.05) is 42.5 Å². The van der Waals surface area contributed by atoms with Crippen molar-refractivity contribution in [2.45, 2.75) is 39.7 Å². The largest absolute Gasteiger partial charge is 0.490 e. The molecule has 0 radical (unpaired) electrons. The number of nitrogens with two attached hydrogens (primary N) is 1. The Morgan fingerprint density at radius 3 is 2.51 bits per heavy atom. The van der Waals surface area contributed by atoms with E-state index in [0.29, 0.717) is 54.6 Å². The van der Waals surface area contributed by atoms with Crippen molar-refractivity contribution in [1.29, 1.82) is 5.26 Å². The first-order valence-electron chi connectivity index (χ1n) is 11.7. The van der Waals surface area contributed by atoms with Gasteiger partial charge in [0.2, 0.25) is 5.88 Å². The van der Waals surface area contributed by atoms with E-state index in [-0.39, 0.29) is 17.0 Å². The molecule has 2 N–H and O–H groups in total. The summed E-state index contributed by atoms with van der Waals surface area (Å²) in [6.07, 6.45) is 0.693. The summed E-state index contributed by atoms with van der Waals surface area (Å²) in [6.45, 7) is 6.96. The van der Waals surface area contributed by atoms with E-state index >= 15 is 0 Å². The molecule has 180 valence electrons. The fourth-order valence-corrected chi connectivity index (χ4v) is 4.49. The Bertz CT molecular complexity index is 1350. The maximum atomic E-state index is 13.9. The molecule has 0 fully saturated rings. The maximum Gasteiger partial charge on any atom is 0.258 e. The van der Waals surface area contributed by atoms with Gasteiger partial charge in [-0.05, 0) is 38.8 Å². The Hall–Kier alpha value is -4.18. The number of nitriles is 1. The van der Waals surface area contributed by atoms with Crippen LogP contribution in [0.2, 0.25) is 0 Å². The van der Waals surface area contributed by atoms with E-state index in [1.54, 1.807) is 4.57 Å². The number of rotatable bonds is 8. The zero-order chi connectivity index (χ0) is 24.9. The summed E-state index contributed by atoms with van der Waals surface area (Å²) in [5, 5.41) is 10.0. The molecule has 1 aliphatic heterocycles. The zero-order valence-corrected chi connectivity index (χ0v) is 20.2. The van der Waals surface area contributed by atoms with Crippen molar-refractivity contribution in [3.63, 3.8) is 0 Å². The standard InChI is InChI=1S/C28H29N3O4/c1-4-33-22-13-9-12-20(26(22)34-5-2)24-21(17-29)27(30)35-23-16-18(3)31(28(32)25(23)24)15-14-19-10-7-6-8-11-19/h6-13,16,24H,4-5,14-15,30H2,1-3H3. The zero-order valence-electron chi connectivity index (χ0n) is 20.2. The average Bonchev–Trinajstić information content (AvgIpc) is 2.85. The van der Waals surface area contributed by atoms with Crippen LogP contribution in [0.4, 0.5) is 0 Å². The van der Waals surface area contributed by atoms with E-state index in [4.69, 9.17) is 19.9 Å². The number of hydrogen-bond acceptors (Lipinski definition) is 6. The molecule has 4 rings (SSSR count). The van der Waals surface area contributed by atoms with Crippen LogP contribution in [0.5, 0.6) is 17.2 Å². The Morgan fingerprint density at radius 2 is 1.83 bits per heavy atom. The van der Waals surface area contributed by atoms with Crippen molar-refractivity contribution in [1.82, 2.24) is 4.57 Å². The van der Waals surface area contributed by atoms with Gasteiger partial charge in [0.1, 0.15) is 17.4 Å². The number of fused-ring (bicyclic) bond motifs is 1. The molecule has 0 saturated heterocycles. The molecule has 7 heteroatoms. The van der Waals surface area contributed by atoms with Gasteiger partial charge in [-0.3, -0.25) is 4.79 Å². The first-order valence-corrected chi connectivity index (χ1v) is 11.7. The molecule has 0 amide bonds. The lowest BCUT2D eigenvalue weighted by Crippen LogP contribution is -2.33. The normalized spacial score (nSPS) is 14.6. The van der Waals surface area contributed by atoms with Crippen LogP contribution >= 0.6 is 0 Å². The number of para-hydroxylation sites is 1. The minimum Gasteiger partial charge on any atom is -0.490 e. The third kappa shape index (κ3) is 4.60. The fraction of sp³-hybridized carbons (Fsp3) is 0.286. The van der Waals surface area contributed by atoms with E-state index < -0.39 is 5.92 Å². The lowest BCUT2D eigenvalue weighted by Gasteiger charge is -2.29. The molecular formula is C28H29N3O4. The van der Waals surface area contributed by atoms with Gasteiger partial charge in [0.05, 0.1) is 24.7 Å². The van der Waals surface area contributed by atoms with Gasteiger partial charge in [-0.25, -0.2) is 0 Å². The van der Waals surface area contributed by atoms with Crippen molar-refractivity contribution in [2.24, 2.45) is 5.73 Å². The highest BCUT2D eigenvalue weighted by atomic mass is 16.5. The fourth-order valence-electron chi connectivity index (χ4n) is 4.49. The van der Waals surface area contributed by atoms with Crippen molar-refractivity contribution in [2.75, 3.05) is 13.2 Å². The summed E-state index contributed by atoms with van der Waals surface area (Å²) < 4.78 is 19.3. The molecule has 0 spiro atoms. The van der Waals surface area contributed by atoms with E-state index in [0.717, 1.165) is 11.3 Å². The predicted octanol–water partition coefficient (Wildman–Crippen LogP) is 4.42. The summed E-state index contributed by atoms with van der Waals surface area (Å²) in [4.78, 5) is 13.9. The molecule has 0 saturated carbocycles. The molecule has 7 nitrogen and oxygen atoms in total. The minimum atomic E-state index is -0.748. The van der Waals surface area contributed by atoms with Gasteiger partial charge in [0, 0.05) is 23.9 Å². The van der Waals surface area contributed by atoms with Crippen molar-refractivity contribution < 1.29 is 14.2 Å². The lowest BCUT2D eigenvalue weighted by molar-refractivity contribution is 0.284. The number of benzene rings is 2. The number of nitrogens with zero attached hydrogens (tertiary/aromatic N) is 2. The van der Waals surface area contributed by atoms with Gasteiger partial charge >= 0.3 is 0 Å². The Morgan fingerprint density at radius 1 is 1.09 bits per heavy atom. The number of aryl methyl sites for hydroxylation is 2. The summed E-state index contributed by atoms with van der Waals surface area (Å²) in [5.74, 6) is 0.629. The van der Waals surface area contributed by atoms with Crippen molar-refractivity contribution >= 4 is 0 Å². The molecular weight excluding hydrogens is 442 g/mol. The molecule has 1 aliphatic rings. The second-order valence-electron chi connectivity index (χ2n) is 8.22. The molecule has 35 heavy (non-hydrogen) atoms. The predicted molar refractivity (Wildman–Crippen MR) is 134 cm³/mol. The van der Waals surface area contributed by atoms with E-state index in [1.807, 2.05) is 75.4 Å². The second kappa shape index (κ2) is 10.4. The van der Waals surface area contributed by atoms with Gasteiger partial charge < -0.3 is 24.5 Å². The summed E-state index contributed by atoms with van der Waals surface area (Å²) >= 11 is 0. The molecule has 1 unspecified atom stereocenters. The number of ether oxygens (including phenoxy) is 3. The quantitative estimate of drug-likeness (QED) is 0.522. The van der Waals surface area contributed by atoms with Gasteiger partial charge in [0.15, 0.2) is 11.5 Å². The van der Waals surface area contributed by atoms with Gasteiger partial charge in [0.25, 0.3) is 5.56 Å².